The van der Waals surface area contributed by atoms with Gasteiger partial charge in [-0.25, -0.2) is 0 Å². The van der Waals surface area contributed by atoms with Gasteiger partial charge in [0.15, 0.2) is 0 Å². The number of nitrogens with zero attached hydrogens (tertiary/aromatic N) is 1. The Labute approximate surface area is 109 Å². The Hall–Kier alpha value is -1.41. The molecule has 1 aromatic rings. The normalized spacial score (nSPS) is 32.1. The topological polar surface area (TPSA) is 38.9 Å². The summed E-state index contributed by atoms with van der Waals surface area (Å²) in [6.07, 6.45) is 6.48. The molecule has 2 nitrogen and oxygen atoms in total. The van der Waals surface area contributed by atoms with Crippen molar-refractivity contribution in [1.82, 2.24) is 4.98 Å². The van der Waals surface area contributed by atoms with E-state index in [4.69, 9.17) is 10.7 Å². The Morgan fingerprint density at radius 3 is 2.89 bits per heavy atom. The van der Waals surface area contributed by atoms with Crippen molar-refractivity contribution in [1.29, 1.82) is 0 Å². The first-order chi connectivity index (χ1) is 8.54. The fourth-order valence-electron chi connectivity index (χ4n) is 3.64. The predicted octanol–water partition coefficient (Wildman–Crippen LogP) is 3.01. The molecule has 1 unspecified atom stereocenters. The highest BCUT2D eigenvalue weighted by molar-refractivity contribution is 5.49. The van der Waals surface area contributed by atoms with Crippen LogP contribution in [0.4, 0.5) is 0 Å². The molecule has 1 aromatic heterocycles. The van der Waals surface area contributed by atoms with E-state index in [-0.39, 0.29) is 5.54 Å². The lowest BCUT2D eigenvalue weighted by molar-refractivity contribution is 0.409. The van der Waals surface area contributed by atoms with Crippen LogP contribution in [0.15, 0.2) is 35.4 Å². The summed E-state index contributed by atoms with van der Waals surface area (Å²) in [6, 6.07) is 4.25. The summed E-state index contributed by atoms with van der Waals surface area (Å²) in [5.74, 6) is 0.440. The molecule has 2 aliphatic rings. The molecule has 0 aromatic carbocycles. The average Bonchev–Trinajstić information content (AvgIpc) is 2.26. The quantitative estimate of drug-likeness (QED) is 0.708. The van der Waals surface area contributed by atoms with Crippen LogP contribution in [-0.4, -0.2) is 4.98 Å². The van der Waals surface area contributed by atoms with Gasteiger partial charge >= 0.3 is 0 Å². The zero-order valence-corrected chi connectivity index (χ0v) is 11.3. The Kier molecular flexibility index (Phi) is 2.46. The molecule has 3 rings (SSSR count). The van der Waals surface area contributed by atoms with Crippen LogP contribution in [0.5, 0.6) is 0 Å². The van der Waals surface area contributed by atoms with Crippen molar-refractivity contribution in [2.45, 2.75) is 39.2 Å². The third kappa shape index (κ3) is 1.49. The zero-order chi connectivity index (χ0) is 12.9. The first-order valence-electron chi connectivity index (χ1n) is 6.64. The van der Waals surface area contributed by atoms with Crippen molar-refractivity contribution in [2.75, 3.05) is 0 Å². The van der Waals surface area contributed by atoms with Crippen LogP contribution in [0.3, 0.4) is 0 Å². The second-order valence-electron chi connectivity index (χ2n) is 5.66. The van der Waals surface area contributed by atoms with Gasteiger partial charge in [0.1, 0.15) is 0 Å². The monoisotopic (exact) mass is 240 g/mol. The minimum Gasteiger partial charge on any atom is -0.318 e. The van der Waals surface area contributed by atoms with E-state index >= 15 is 0 Å². The number of fused-ring (bicyclic) bond motifs is 4. The summed E-state index contributed by atoms with van der Waals surface area (Å²) in [5, 5.41) is 0. The molecule has 0 amide bonds. The lowest BCUT2D eigenvalue weighted by atomic mass is 9.63. The molecule has 0 saturated heterocycles. The van der Waals surface area contributed by atoms with Crippen molar-refractivity contribution in [3.8, 4) is 0 Å². The van der Waals surface area contributed by atoms with E-state index in [1.165, 1.54) is 22.4 Å². The smallest absolute Gasteiger partial charge is 0.0686 e. The summed E-state index contributed by atoms with van der Waals surface area (Å²) in [4.78, 5) is 4.70. The van der Waals surface area contributed by atoms with E-state index in [1.807, 2.05) is 6.92 Å². The molecular formula is C16H20N2. The van der Waals surface area contributed by atoms with Crippen molar-refractivity contribution >= 4 is 0 Å². The van der Waals surface area contributed by atoms with Crippen molar-refractivity contribution in [3.05, 3.63) is 52.4 Å². The zero-order valence-electron chi connectivity index (χ0n) is 11.3. The molecule has 94 valence electrons. The number of allylic oxidation sites excluding steroid dienone is 2. The maximum atomic E-state index is 6.76. The molecule has 2 N–H and O–H groups in total. The van der Waals surface area contributed by atoms with Gasteiger partial charge in [-0.2, -0.15) is 0 Å². The minimum absolute atomic E-state index is 0.327. The first kappa shape index (κ1) is 11.7. The molecule has 0 fully saturated rings. The molecule has 2 aliphatic carbocycles. The second kappa shape index (κ2) is 3.79. The number of aryl methyl sites for hydroxylation is 1. The number of aromatic nitrogens is 1. The van der Waals surface area contributed by atoms with Gasteiger partial charge in [0, 0.05) is 23.7 Å². The summed E-state index contributed by atoms with van der Waals surface area (Å²) < 4.78 is 0. The third-order valence-corrected chi connectivity index (χ3v) is 4.28. The number of hydrogen-bond acceptors (Lipinski definition) is 2. The highest BCUT2D eigenvalue weighted by Crippen LogP contribution is 2.47. The number of hydrogen-bond donors (Lipinski definition) is 1. The number of rotatable bonds is 0. The minimum atomic E-state index is -0.327. The molecule has 1 heterocycles. The Balaban J connectivity index is 2.25. The molecule has 2 heteroatoms. The lowest BCUT2D eigenvalue weighted by Gasteiger charge is -2.45. The van der Waals surface area contributed by atoms with Crippen LogP contribution in [0.1, 0.15) is 37.2 Å². The average molecular weight is 240 g/mol. The summed E-state index contributed by atoms with van der Waals surface area (Å²) in [5.41, 5.74) is 12.7. The molecule has 0 radical (unpaired) electrons. The van der Waals surface area contributed by atoms with Crippen LogP contribution >= 0.6 is 0 Å². The van der Waals surface area contributed by atoms with E-state index < -0.39 is 0 Å². The van der Waals surface area contributed by atoms with E-state index in [0.717, 1.165) is 18.5 Å². The maximum Gasteiger partial charge on any atom is 0.0686 e. The highest BCUT2D eigenvalue weighted by atomic mass is 14.8. The van der Waals surface area contributed by atoms with E-state index in [9.17, 15) is 0 Å². The molecule has 0 saturated carbocycles. The lowest BCUT2D eigenvalue weighted by Crippen LogP contribution is -2.47. The van der Waals surface area contributed by atoms with Crippen LogP contribution in [0, 0.1) is 12.8 Å². The molecule has 18 heavy (non-hydrogen) atoms. The molecular weight excluding hydrogens is 220 g/mol. The fourth-order valence-corrected chi connectivity index (χ4v) is 3.64. The number of nitrogens with two attached hydrogens (primary N) is 1. The maximum absolute atomic E-state index is 6.76. The van der Waals surface area contributed by atoms with Crippen LogP contribution in [0.25, 0.3) is 0 Å². The van der Waals surface area contributed by atoms with Gasteiger partial charge in [-0.15, -0.1) is 0 Å². The van der Waals surface area contributed by atoms with E-state index in [1.54, 1.807) is 0 Å². The van der Waals surface area contributed by atoms with Gasteiger partial charge in [-0.05, 0) is 44.4 Å². The van der Waals surface area contributed by atoms with Crippen molar-refractivity contribution in [2.24, 2.45) is 11.7 Å². The molecule has 0 aliphatic heterocycles. The van der Waals surface area contributed by atoms with Crippen molar-refractivity contribution in [3.63, 3.8) is 0 Å². The van der Waals surface area contributed by atoms with Crippen LogP contribution in [-0.2, 0) is 12.0 Å². The largest absolute Gasteiger partial charge is 0.318 e. The Morgan fingerprint density at radius 1 is 1.39 bits per heavy atom. The van der Waals surface area contributed by atoms with E-state index in [0.29, 0.717) is 5.92 Å². The van der Waals surface area contributed by atoms with Gasteiger partial charge in [-0.3, -0.25) is 4.98 Å². The molecule has 0 spiro atoms. The van der Waals surface area contributed by atoms with Gasteiger partial charge < -0.3 is 5.73 Å². The summed E-state index contributed by atoms with van der Waals surface area (Å²) in [7, 11) is 0. The van der Waals surface area contributed by atoms with Gasteiger partial charge in [0.05, 0.1) is 5.54 Å². The SMILES string of the molecule is CC=C1C2C=C(C)C[C@@]1(N)c1ccc(C)nc1C2. The third-order valence-electron chi connectivity index (χ3n) is 4.28. The number of pyridine rings is 1. The summed E-state index contributed by atoms with van der Waals surface area (Å²) >= 11 is 0. The highest BCUT2D eigenvalue weighted by Gasteiger charge is 2.43. The Morgan fingerprint density at radius 2 is 2.17 bits per heavy atom. The standard InChI is InChI=1S/C16H20N2/c1-4-13-12-7-10(2)9-16(13,17)14-6-5-11(3)18-15(14)8-12/h4-7,12H,8-9,17H2,1-3H3/t12?,16-/m0/s1. The summed E-state index contributed by atoms with van der Waals surface area (Å²) in [6.45, 7) is 6.34. The van der Waals surface area contributed by atoms with Gasteiger partial charge in [0.25, 0.3) is 0 Å². The molecule has 2 bridgehead atoms. The molecule has 2 atom stereocenters. The first-order valence-corrected chi connectivity index (χ1v) is 6.64. The van der Waals surface area contributed by atoms with Gasteiger partial charge in [0.2, 0.25) is 0 Å². The van der Waals surface area contributed by atoms with Gasteiger partial charge in [-0.1, -0.05) is 23.8 Å². The second-order valence-corrected chi connectivity index (χ2v) is 5.66. The van der Waals surface area contributed by atoms with Crippen LogP contribution in [0.2, 0.25) is 0 Å². The van der Waals surface area contributed by atoms with E-state index in [2.05, 4.69) is 38.1 Å². The Bertz CT molecular complexity index is 568. The van der Waals surface area contributed by atoms with Crippen LogP contribution < -0.4 is 5.73 Å². The predicted molar refractivity (Wildman–Crippen MR) is 74.2 cm³/mol. The van der Waals surface area contributed by atoms with Crippen molar-refractivity contribution < 1.29 is 0 Å². The fraction of sp³-hybridized carbons (Fsp3) is 0.438.